The summed E-state index contributed by atoms with van der Waals surface area (Å²) in [6, 6.07) is 4.96. The van der Waals surface area contributed by atoms with E-state index in [0.29, 0.717) is 12.1 Å². The second-order valence-electron chi connectivity index (χ2n) is 3.80. The van der Waals surface area contributed by atoms with Crippen LogP contribution in [-0.2, 0) is 0 Å². The lowest BCUT2D eigenvalue weighted by atomic mass is 10.1. The number of hydrogen-bond donors (Lipinski definition) is 1. The zero-order valence-corrected chi connectivity index (χ0v) is 10.0. The minimum atomic E-state index is 0.341. The van der Waals surface area contributed by atoms with E-state index in [0.717, 1.165) is 23.5 Å². The first-order chi connectivity index (χ1) is 6.68. The molecule has 1 aliphatic heterocycles. The normalized spacial score (nSPS) is 19.7. The third kappa shape index (κ3) is 1.87. The maximum Gasteiger partial charge on any atom is 0.169 e. The number of rotatable bonds is 3. The largest absolute Gasteiger partial charge is 0.453 e. The van der Waals surface area contributed by atoms with Gasteiger partial charge in [0.25, 0.3) is 0 Å². The molecular weight excluding hydrogens is 244 g/mol. The monoisotopic (exact) mass is 258 g/mol. The van der Waals surface area contributed by atoms with Crippen molar-refractivity contribution in [1.29, 1.82) is 0 Å². The first-order valence-electron chi connectivity index (χ1n) is 4.86. The van der Waals surface area contributed by atoms with Crippen LogP contribution in [0, 0.1) is 0 Å². The molecule has 0 aromatic carbocycles. The van der Waals surface area contributed by atoms with Gasteiger partial charge >= 0.3 is 0 Å². The van der Waals surface area contributed by atoms with Crippen LogP contribution in [0.5, 0.6) is 0 Å². The Bertz CT molecular complexity index is 309. The van der Waals surface area contributed by atoms with Crippen molar-refractivity contribution < 1.29 is 4.42 Å². The van der Waals surface area contributed by atoms with Gasteiger partial charge in [0.15, 0.2) is 4.67 Å². The SMILES string of the molecule is CC(c1ccc(Br)o1)N(C)C1CNC1. The van der Waals surface area contributed by atoms with Gasteiger partial charge in [-0.1, -0.05) is 0 Å². The fourth-order valence-electron chi connectivity index (χ4n) is 1.63. The Balaban J connectivity index is 2.03. The van der Waals surface area contributed by atoms with Gasteiger partial charge in [0.1, 0.15) is 5.76 Å². The topological polar surface area (TPSA) is 28.4 Å². The van der Waals surface area contributed by atoms with Gasteiger partial charge in [0.2, 0.25) is 0 Å². The minimum Gasteiger partial charge on any atom is -0.453 e. The Labute approximate surface area is 92.6 Å². The van der Waals surface area contributed by atoms with Gasteiger partial charge in [-0.15, -0.1) is 0 Å². The maximum atomic E-state index is 5.54. The first-order valence-corrected chi connectivity index (χ1v) is 5.65. The standard InChI is InChI=1S/C10H15BrN2O/c1-7(9-3-4-10(11)14-9)13(2)8-5-12-6-8/h3-4,7-8,12H,5-6H2,1-2H3. The van der Waals surface area contributed by atoms with Gasteiger partial charge in [0.05, 0.1) is 6.04 Å². The first kappa shape index (κ1) is 10.2. The molecular formula is C10H15BrN2O. The summed E-state index contributed by atoms with van der Waals surface area (Å²) in [5, 5.41) is 3.27. The van der Waals surface area contributed by atoms with E-state index in [4.69, 9.17) is 4.42 Å². The Kier molecular flexibility index (Phi) is 2.95. The molecule has 1 fully saturated rings. The molecule has 2 heterocycles. The molecule has 4 heteroatoms. The summed E-state index contributed by atoms with van der Waals surface area (Å²) in [6.45, 7) is 4.34. The highest BCUT2D eigenvalue weighted by atomic mass is 79.9. The zero-order valence-electron chi connectivity index (χ0n) is 8.46. The van der Waals surface area contributed by atoms with Crippen molar-refractivity contribution in [3.8, 4) is 0 Å². The predicted octanol–water partition coefficient (Wildman–Crippen LogP) is 2.01. The molecule has 1 aliphatic rings. The highest BCUT2D eigenvalue weighted by Crippen LogP contribution is 2.25. The zero-order chi connectivity index (χ0) is 10.1. The highest BCUT2D eigenvalue weighted by Gasteiger charge is 2.27. The molecule has 0 bridgehead atoms. The van der Waals surface area contributed by atoms with Crippen molar-refractivity contribution in [3.63, 3.8) is 0 Å². The Hall–Kier alpha value is -0.320. The lowest BCUT2D eigenvalue weighted by Crippen LogP contribution is -2.56. The highest BCUT2D eigenvalue weighted by molar-refractivity contribution is 9.10. The van der Waals surface area contributed by atoms with E-state index < -0.39 is 0 Å². The van der Waals surface area contributed by atoms with Gasteiger partial charge in [-0.2, -0.15) is 0 Å². The molecule has 14 heavy (non-hydrogen) atoms. The van der Waals surface area contributed by atoms with E-state index in [-0.39, 0.29) is 0 Å². The van der Waals surface area contributed by atoms with E-state index in [1.165, 1.54) is 0 Å². The van der Waals surface area contributed by atoms with Crippen LogP contribution in [0.4, 0.5) is 0 Å². The number of likely N-dealkylation sites (N-methyl/N-ethyl adjacent to an activating group) is 1. The summed E-state index contributed by atoms with van der Waals surface area (Å²) in [7, 11) is 2.15. The second kappa shape index (κ2) is 4.04. The third-order valence-electron chi connectivity index (χ3n) is 2.95. The lowest BCUT2D eigenvalue weighted by molar-refractivity contribution is 0.122. The van der Waals surface area contributed by atoms with E-state index in [1.54, 1.807) is 0 Å². The fourth-order valence-corrected chi connectivity index (χ4v) is 1.95. The van der Waals surface area contributed by atoms with E-state index >= 15 is 0 Å². The summed E-state index contributed by atoms with van der Waals surface area (Å²) in [4.78, 5) is 2.35. The number of halogens is 1. The average Bonchev–Trinajstić information content (AvgIpc) is 2.47. The molecule has 0 amide bonds. The molecule has 3 nitrogen and oxygen atoms in total. The number of nitrogens with one attached hydrogen (secondary N) is 1. The molecule has 1 N–H and O–H groups in total. The van der Waals surface area contributed by atoms with Gasteiger partial charge in [-0.3, -0.25) is 4.90 Å². The van der Waals surface area contributed by atoms with E-state index in [1.807, 2.05) is 12.1 Å². The molecule has 1 aromatic heterocycles. The van der Waals surface area contributed by atoms with E-state index in [9.17, 15) is 0 Å². The van der Waals surface area contributed by atoms with Crippen LogP contribution >= 0.6 is 15.9 Å². The molecule has 0 radical (unpaired) electrons. The molecule has 78 valence electrons. The molecule has 0 spiro atoms. The summed E-state index contributed by atoms with van der Waals surface area (Å²) < 4.78 is 6.34. The Morgan fingerprint density at radius 2 is 2.29 bits per heavy atom. The number of furan rings is 1. The summed E-state index contributed by atoms with van der Waals surface area (Å²) >= 11 is 3.32. The Morgan fingerprint density at radius 1 is 1.57 bits per heavy atom. The molecule has 0 aliphatic carbocycles. The van der Waals surface area contributed by atoms with Crippen LogP contribution < -0.4 is 5.32 Å². The van der Waals surface area contributed by atoms with Gasteiger partial charge < -0.3 is 9.73 Å². The van der Waals surface area contributed by atoms with Crippen molar-refractivity contribution in [2.24, 2.45) is 0 Å². The molecule has 1 aromatic rings. The van der Waals surface area contributed by atoms with Crippen molar-refractivity contribution >= 4 is 15.9 Å². The quantitative estimate of drug-likeness (QED) is 0.900. The third-order valence-corrected chi connectivity index (χ3v) is 3.38. The van der Waals surface area contributed by atoms with Crippen LogP contribution in [0.3, 0.4) is 0 Å². The van der Waals surface area contributed by atoms with Crippen LogP contribution in [0.15, 0.2) is 21.2 Å². The molecule has 2 rings (SSSR count). The van der Waals surface area contributed by atoms with E-state index in [2.05, 4.69) is 40.1 Å². The van der Waals surface area contributed by atoms with Crippen molar-refractivity contribution in [3.05, 3.63) is 22.6 Å². The van der Waals surface area contributed by atoms with Crippen LogP contribution in [0.2, 0.25) is 0 Å². The average molecular weight is 259 g/mol. The van der Waals surface area contributed by atoms with Crippen molar-refractivity contribution in [2.45, 2.75) is 19.0 Å². The molecule has 1 atom stereocenters. The smallest absolute Gasteiger partial charge is 0.169 e. The molecule has 1 saturated heterocycles. The molecule has 0 saturated carbocycles. The van der Waals surface area contributed by atoms with Crippen molar-refractivity contribution in [1.82, 2.24) is 10.2 Å². The lowest BCUT2D eigenvalue weighted by Gasteiger charge is -2.38. The predicted molar refractivity (Wildman–Crippen MR) is 59.2 cm³/mol. The molecule has 1 unspecified atom stereocenters. The second-order valence-corrected chi connectivity index (χ2v) is 4.58. The maximum absolute atomic E-state index is 5.54. The number of hydrogen-bond acceptors (Lipinski definition) is 3. The van der Waals surface area contributed by atoms with Gasteiger partial charge in [-0.05, 0) is 42.0 Å². The summed E-state index contributed by atoms with van der Waals surface area (Å²) in [5.41, 5.74) is 0. The van der Waals surface area contributed by atoms with Gasteiger partial charge in [-0.25, -0.2) is 0 Å². The van der Waals surface area contributed by atoms with Crippen LogP contribution in [-0.4, -0.2) is 31.1 Å². The summed E-state index contributed by atoms with van der Waals surface area (Å²) in [5.74, 6) is 1.02. The van der Waals surface area contributed by atoms with Crippen LogP contribution in [0.25, 0.3) is 0 Å². The van der Waals surface area contributed by atoms with Gasteiger partial charge in [0, 0.05) is 19.1 Å². The number of nitrogens with zero attached hydrogens (tertiary/aromatic N) is 1. The minimum absolute atomic E-state index is 0.341. The Morgan fingerprint density at radius 3 is 2.71 bits per heavy atom. The fraction of sp³-hybridized carbons (Fsp3) is 0.600. The van der Waals surface area contributed by atoms with Crippen LogP contribution in [0.1, 0.15) is 18.7 Å². The summed E-state index contributed by atoms with van der Waals surface area (Å²) in [6.07, 6.45) is 0. The van der Waals surface area contributed by atoms with Crippen molar-refractivity contribution in [2.75, 3.05) is 20.1 Å².